The first kappa shape index (κ1) is 23.7. The molecule has 33 heavy (non-hydrogen) atoms. The van der Waals surface area contributed by atoms with Crippen LogP contribution in [0, 0.1) is 17.3 Å². The molecule has 0 aromatic carbocycles. The minimum absolute atomic E-state index is 0.158. The summed E-state index contributed by atoms with van der Waals surface area (Å²) in [6.07, 6.45) is -0.108. The van der Waals surface area contributed by atoms with Crippen LogP contribution in [0.4, 0.5) is 0 Å². The highest BCUT2D eigenvalue weighted by molar-refractivity contribution is 5.91. The number of aliphatic hydroxyl groups is 1. The quantitative estimate of drug-likeness (QED) is 0.224. The summed E-state index contributed by atoms with van der Waals surface area (Å²) in [4.78, 5) is 38.1. The Balaban J connectivity index is 1.75. The lowest BCUT2D eigenvalue weighted by Gasteiger charge is -2.56. The topological polar surface area (TPSA) is 112 Å². The molecule has 0 radical (unpaired) electrons. The van der Waals surface area contributed by atoms with E-state index in [-0.39, 0.29) is 11.7 Å². The second kappa shape index (κ2) is 7.81. The molecule has 4 rings (SSSR count). The number of hydrogen-bond acceptors (Lipinski definition) is 8. The van der Waals surface area contributed by atoms with Gasteiger partial charge < -0.3 is 24.1 Å². The summed E-state index contributed by atoms with van der Waals surface area (Å²) in [5.41, 5.74) is -0.655. The summed E-state index contributed by atoms with van der Waals surface area (Å²) < 4.78 is 22.8. The van der Waals surface area contributed by atoms with Gasteiger partial charge in [-0.3, -0.25) is 0 Å². The smallest absolute Gasteiger partial charge is 0.341 e. The van der Waals surface area contributed by atoms with Gasteiger partial charge >= 0.3 is 17.9 Å². The maximum absolute atomic E-state index is 12.9. The predicted octanol–water partition coefficient (Wildman–Crippen LogP) is 2.40. The number of esters is 3. The number of rotatable bonds is 4. The Morgan fingerprint density at radius 3 is 2.52 bits per heavy atom. The van der Waals surface area contributed by atoms with Crippen LogP contribution in [0.3, 0.4) is 0 Å². The van der Waals surface area contributed by atoms with Crippen molar-refractivity contribution in [2.45, 2.75) is 84.1 Å². The van der Waals surface area contributed by atoms with E-state index >= 15 is 0 Å². The van der Waals surface area contributed by atoms with Gasteiger partial charge in [0.2, 0.25) is 0 Å². The zero-order chi connectivity index (χ0) is 24.5. The zero-order valence-corrected chi connectivity index (χ0v) is 19.9. The first-order valence-electron chi connectivity index (χ1n) is 11.3. The molecule has 8 heteroatoms. The molecule has 8 nitrogen and oxygen atoms in total. The Labute approximate surface area is 193 Å². The second-order valence-electron chi connectivity index (χ2n) is 10.00. The van der Waals surface area contributed by atoms with Crippen LogP contribution in [-0.4, -0.2) is 59.1 Å². The van der Waals surface area contributed by atoms with E-state index in [1.165, 1.54) is 0 Å². The fourth-order valence-electron chi connectivity index (χ4n) is 5.61. The van der Waals surface area contributed by atoms with E-state index in [0.717, 1.165) is 5.57 Å². The van der Waals surface area contributed by atoms with Gasteiger partial charge in [-0.1, -0.05) is 31.2 Å². The Morgan fingerprint density at radius 2 is 1.94 bits per heavy atom. The number of fused-ring (bicyclic) bond motifs is 3. The van der Waals surface area contributed by atoms with Crippen molar-refractivity contribution in [3.8, 4) is 0 Å². The molecule has 2 aliphatic heterocycles. The highest BCUT2D eigenvalue weighted by Crippen LogP contribution is 2.58. The first-order valence-corrected chi connectivity index (χ1v) is 11.3. The molecule has 0 amide bonds. The average molecular weight is 461 g/mol. The van der Waals surface area contributed by atoms with E-state index in [1.54, 1.807) is 40.7 Å². The average Bonchev–Trinajstić information content (AvgIpc) is 3.29. The molecule has 0 aromatic rings. The molecular weight excluding hydrogens is 428 g/mol. The lowest BCUT2D eigenvalue weighted by molar-refractivity contribution is -0.225. The van der Waals surface area contributed by atoms with E-state index in [9.17, 15) is 19.5 Å². The monoisotopic (exact) mass is 460 g/mol. The third-order valence-corrected chi connectivity index (χ3v) is 8.19. The Kier molecular flexibility index (Phi) is 5.61. The van der Waals surface area contributed by atoms with Crippen molar-refractivity contribution in [1.82, 2.24) is 0 Å². The number of allylic oxidation sites excluding steroid dienone is 1. The number of carbonyl (C=O) groups excluding carboxylic acids is 3. The van der Waals surface area contributed by atoms with Crippen LogP contribution >= 0.6 is 0 Å². The van der Waals surface area contributed by atoms with Crippen LogP contribution in [-0.2, 0) is 33.3 Å². The summed E-state index contributed by atoms with van der Waals surface area (Å²) >= 11 is 0. The third-order valence-electron chi connectivity index (χ3n) is 8.19. The fraction of sp³-hybridized carbons (Fsp3) is 0.640. The highest BCUT2D eigenvalue weighted by atomic mass is 16.7. The van der Waals surface area contributed by atoms with Crippen molar-refractivity contribution in [3.05, 3.63) is 35.5 Å². The molecule has 0 bridgehead atoms. The molecular formula is C25H32O8. The van der Waals surface area contributed by atoms with E-state index < -0.39 is 65.2 Å². The number of epoxide rings is 1. The van der Waals surface area contributed by atoms with Gasteiger partial charge in [0, 0.05) is 28.9 Å². The number of carbonyl (C=O) groups is 3. The molecule has 3 fully saturated rings. The minimum Gasteiger partial charge on any atom is -0.458 e. The normalized spacial score (nSPS) is 44.3. The second-order valence-corrected chi connectivity index (χ2v) is 10.00. The Bertz CT molecular complexity index is 979. The molecule has 0 aromatic heterocycles. The summed E-state index contributed by atoms with van der Waals surface area (Å²) in [7, 11) is 0. The van der Waals surface area contributed by atoms with Gasteiger partial charge in [-0.2, -0.15) is 0 Å². The van der Waals surface area contributed by atoms with Gasteiger partial charge in [0.15, 0.2) is 5.60 Å². The van der Waals surface area contributed by atoms with Crippen molar-refractivity contribution >= 4 is 17.9 Å². The molecule has 4 aliphatic rings. The summed E-state index contributed by atoms with van der Waals surface area (Å²) in [6, 6.07) is 0. The lowest BCUT2D eigenvalue weighted by atomic mass is 9.53. The van der Waals surface area contributed by atoms with Crippen LogP contribution in [0.15, 0.2) is 35.5 Å². The van der Waals surface area contributed by atoms with Crippen LogP contribution in [0.1, 0.15) is 48.0 Å². The van der Waals surface area contributed by atoms with Crippen molar-refractivity contribution in [1.29, 1.82) is 0 Å². The van der Waals surface area contributed by atoms with Crippen molar-refractivity contribution in [2.24, 2.45) is 17.3 Å². The van der Waals surface area contributed by atoms with Gasteiger partial charge in [0.05, 0.1) is 12.0 Å². The van der Waals surface area contributed by atoms with Crippen molar-refractivity contribution < 1.29 is 38.4 Å². The Morgan fingerprint density at radius 1 is 1.30 bits per heavy atom. The van der Waals surface area contributed by atoms with Gasteiger partial charge in [-0.15, -0.1) is 0 Å². The minimum atomic E-state index is -1.25. The number of aliphatic hydroxyl groups excluding tert-OH is 1. The molecule has 2 saturated heterocycles. The molecule has 9 unspecified atom stereocenters. The molecule has 9 atom stereocenters. The zero-order valence-electron chi connectivity index (χ0n) is 19.9. The summed E-state index contributed by atoms with van der Waals surface area (Å²) in [6.45, 7) is 14.4. The fourth-order valence-corrected chi connectivity index (χ4v) is 5.61. The lowest BCUT2D eigenvalue weighted by Crippen LogP contribution is -2.66. The summed E-state index contributed by atoms with van der Waals surface area (Å²) in [5.74, 6) is -2.85. The van der Waals surface area contributed by atoms with E-state index in [0.29, 0.717) is 12.0 Å². The molecule has 0 spiro atoms. The SMILES string of the molecule is C=C1C(=O)OC2C1C(OC(=O)C1(C)OC1C)C(O)C1(C)C(OC(=O)C(C)=CC)CC=C(C)C21. The molecule has 1 N–H and O–H groups in total. The standard InChI is InChI=1S/C25H32O8/c1-8-11(2)21(27)30-15-10-9-12(3)17-18-16(13(4)22(28)31-18)19(20(26)24(15,17)6)32-23(29)25(7)14(5)33-25/h8-9,14-20,26H,4,10H2,1-3,5-7H3. The van der Waals surface area contributed by atoms with Crippen LogP contribution in [0.25, 0.3) is 0 Å². The van der Waals surface area contributed by atoms with Gasteiger partial charge in [-0.05, 0) is 34.6 Å². The molecule has 1 saturated carbocycles. The van der Waals surface area contributed by atoms with Crippen molar-refractivity contribution in [2.75, 3.05) is 0 Å². The van der Waals surface area contributed by atoms with E-state index in [4.69, 9.17) is 18.9 Å². The third kappa shape index (κ3) is 3.37. The van der Waals surface area contributed by atoms with Crippen LogP contribution < -0.4 is 0 Å². The van der Waals surface area contributed by atoms with E-state index in [1.807, 2.05) is 13.0 Å². The number of ether oxygens (including phenoxy) is 4. The summed E-state index contributed by atoms with van der Waals surface area (Å²) in [5, 5.41) is 11.7. The largest absolute Gasteiger partial charge is 0.458 e. The van der Waals surface area contributed by atoms with Crippen molar-refractivity contribution in [3.63, 3.8) is 0 Å². The van der Waals surface area contributed by atoms with Crippen LogP contribution in [0.5, 0.6) is 0 Å². The first-order chi connectivity index (χ1) is 15.4. The maximum Gasteiger partial charge on any atom is 0.341 e. The van der Waals surface area contributed by atoms with Gasteiger partial charge in [0.1, 0.15) is 24.4 Å². The number of hydrogen-bond donors (Lipinski definition) is 1. The van der Waals surface area contributed by atoms with Gasteiger partial charge in [0.25, 0.3) is 0 Å². The highest BCUT2D eigenvalue weighted by Gasteiger charge is 2.68. The van der Waals surface area contributed by atoms with Gasteiger partial charge in [-0.25, -0.2) is 14.4 Å². The predicted molar refractivity (Wildman–Crippen MR) is 117 cm³/mol. The molecule has 2 heterocycles. The molecule has 180 valence electrons. The maximum atomic E-state index is 12.9. The Hall–Kier alpha value is -2.45. The van der Waals surface area contributed by atoms with E-state index in [2.05, 4.69) is 6.58 Å². The molecule has 2 aliphatic carbocycles. The van der Waals surface area contributed by atoms with Crippen LogP contribution in [0.2, 0.25) is 0 Å².